The van der Waals surface area contributed by atoms with Crippen LogP contribution in [0.4, 0.5) is 0 Å². The molecule has 0 spiro atoms. The van der Waals surface area contributed by atoms with Gasteiger partial charge in [0.1, 0.15) is 0 Å². The van der Waals surface area contributed by atoms with Crippen molar-refractivity contribution >= 4 is 16.0 Å². The topological polar surface area (TPSA) is 82.6 Å². The molecule has 0 aliphatic rings. The van der Waals surface area contributed by atoms with Crippen molar-refractivity contribution in [1.82, 2.24) is 15.4 Å². The van der Waals surface area contributed by atoms with E-state index < -0.39 is 10.0 Å². The summed E-state index contributed by atoms with van der Waals surface area (Å²) >= 11 is 0. The smallest absolute Gasteiger partial charge is 0.240 e. The van der Waals surface area contributed by atoms with Crippen LogP contribution < -0.4 is 15.4 Å². The van der Waals surface area contributed by atoms with Gasteiger partial charge < -0.3 is 10.6 Å². The van der Waals surface area contributed by atoms with Gasteiger partial charge in [0, 0.05) is 26.2 Å². The second kappa shape index (κ2) is 8.14. The van der Waals surface area contributed by atoms with Gasteiger partial charge in [-0.1, -0.05) is 12.1 Å². The monoisotopic (exact) mass is 326 g/mol. The minimum atomic E-state index is -3.49. The average molecular weight is 326 g/mol. The predicted octanol–water partition coefficient (Wildman–Crippen LogP) is 1.16. The molecule has 0 saturated carbocycles. The minimum Gasteiger partial charge on any atom is -0.355 e. The van der Waals surface area contributed by atoms with Crippen LogP contribution in [0.5, 0.6) is 0 Å². The molecule has 0 fully saturated rings. The van der Waals surface area contributed by atoms with E-state index in [2.05, 4.69) is 20.3 Å². The Bertz CT molecular complexity index is 624. The standard InChI is InChI=1S/C15H26N4O2S/c1-11(2)19-15(16-5)17-8-9-18-22(20,21)14-10-12(3)6-7-13(14)4/h6-7,10-11,18H,8-9H2,1-5H3,(H2,16,17,19). The molecule has 0 aromatic heterocycles. The zero-order chi connectivity index (χ0) is 16.8. The molecular weight excluding hydrogens is 300 g/mol. The van der Waals surface area contributed by atoms with E-state index in [4.69, 9.17) is 0 Å². The molecule has 0 unspecified atom stereocenters. The van der Waals surface area contributed by atoms with Crippen LogP contribution in [0.2, 0.25) is 0 Å². The first-order valence-electron chi connectivity index (χ1n) is 7.30. The summed E-state index contributed by atoms with van der Waals surface area (Å²) in [6, 6.07) is 5.66. The molecule has 0 heterocycles. The van der Waals surface area contributed by atoms with E-state index in [1.54, 1.807) is 20.0 Å². The maximum atomic E-state index is 12.3. The van der Waals surface area contributed by atoms with Crippen LogP contribution in [0.25, 0.3) is 0 Å². The van der Waals surface area contributed by atoms with Crippen LogP contribution in [0, 0.1) is 13.8 Å². The minimum absolute atomic E-state index is 0.262. The lowest BCUT2D eigenvalue weighted by molar-refractivity contribution is 0.579. The van der Waals surface area contributed by atoms with E-state index in [0.29, 0.717) is 17.4 Å². The largest absolute Gasteiger partial charge is 0.355 e. The number of nitrogens with zero attached hydrogens (tertiary/aromatic N) is 1. The molecule has 0 aliphatic heterocycles. The van der Waals surface area contributed by atoms with Crippen LogP contribution in [-0.2, 0) is 10.0 Å². The second-order valence-electron chi connectivity index (χ2n) is 5.46. The molecule has 1 aromatic rings. The van der Waals surface area contributed by atoms with Gasteiger partial charge in [-0.15, -0.1) is 0 Å². The number of sulfonamides is 1. The Balaban J connectivity index is 2.58. The Kier molecular flexibility index (Phi) is 6.83. The number of benzene rings is 1. The Morgan fingerprint density at radius 2 is 1.91 bits per heavy atom. The van der Waals surface area contributed by atoms with Crippen molar-refractivity contribution in [2.45, 2.75) is 38.6 Å². The summed E-state index contributed by atoms with van der Waals surface area (Å²) in [6.45, 7) is 8.43. The molecule has 0 radical (unpaired) electrons. The molecule has 22 heavy (non-hydrogen) atoms. The van der Waals surface area contributed by atoms with Crippen molar-refractivity contribution < 1.29 is 8.42 Å². The van der Waals surface area contributed by atoms with Crippen molar-refractivity contribution in [2.24, 2.45) is 4.99 Å². The number of rotatable bonds is 6. The van der Waals surface area contributed by atoms with Crippen molar-refractivity contribution in [1.29, 1.82) is 0 Å². The second-order valence-corrected chi connectivity index (χ2v) is 7.20. The zero-order valence-corrected chi connectivity index (χ0v) is 14.7. The van der Waals surface area contributed by atoms with E-state index in [9.17, 15) is 8.42 Å². The fourth-order valence-corrected chi connectivity index (χ4v) is 3.27. The summed E-state index contributed by atoms with van der Waals surface area (Å²) in [5.41, 5.74) is 1.66. The van der Waals surface area contributed by atoms with Crippen LogP contribution in [0.1, 0.15) is 25.0 Å². The maximum Gasteiger partial charge on any atom is 0.240 e. The van der Waals surface area contributed by atoms with Crippen LogP contribution in [0.3, 0.4) is 0 Å². The summed E-state index contributed by atoms with van der Waals surface area (Å²) < 4.78 is 27.2. The lowest BCUT2D eigenvalue weighted by atomic mass is 10.2. The summed E-state index contributed by atoms with van der Waals surface area (Å²) in [6.07, 6.45) is 0. The number of hydrogen-bond acceptors (Lipinski definition) is 3. The SMILES string of the molecule is CN=C(NCCNS(=O)(=O)c1cc(C)ccc1C)NC(C)C. The van der Waals surface area contributed by atoms with Gasteiger partial charge >= 0.3 is 0 Å². The van der Waals surface area contributed by atoms with Crippen molar-refractivity contribution in [3.8, 4) is 0 Å². The summed E-state index contributed by atoms with van der Waals surface area (Å²) in [5.74, 6) is 0.654. The highest BCUT2D eigenvalue weighted by molar-refractivity contribution is 7.89. The summed E-state index contributed by atoms with van der Waals surface area (Å²) in [4.78, 5) is 4.39. The summed E-state index contributed by atoms with van der Waals surface area (Å²) in [7, 11) is -1.81. The number of aryl methyl sites for hydroxylation is 2. The van der Waals surface area contributed by atoms with Crippen LogP contribution in [0.15, 0.2) is 28.1 Å². The molecule has 0 atom stereocenters. The molecule has 7 heteroatoms. The molecule has 0 saturated heterocycles. The molecule has 1 aromatic carbocycles. The van der Waals surface area contributed by atoms with Crippen molar-refractivity contribution in [3.05, 3.63) is 29.3 Å². The lowest BCUT2D eigenvalue weighted by Crippen LogP contribution is -2.44. The Morgan fingerprint density at radius 3 is 2.50 bits per heavy atom. The number of nitrogens with one attached hydrogen (secondary N) is 3. The molecule has 6 nitrogen and oxygen atoms in total. The first kappa shape index (κ1) is 18.4. The van der Waals surface area contributed by atoms with E-state index >= 15 is 0 Å². The van der Waals surface area contributed by atoms with Crippen LogP contribution >= 0.6 is 0 Å². The third kappa shape index (κ3) is 5.65. The van der Waals surface area contributed by atoms with Crippen LogP contribution in [-0.4, -0.2) is 40.6 Å². The Hall–Kier alpha value is -1.60. The number of guanidine groups is 1. The molecule has 0 amide bonds. The maximum absolute atomic E-state index is 12.3. The third-order valence-electron chi connectivity index (χ3n) is 2.99. The molecule has 1 rings (SSSR count). The molecule has 124 valence electrons. The Morgan fingerprint density at radius 1 is 1.23 bits per heavy atom. The lowest BCUT2D eigenvalue weighted by Gasteiger charge is -2.15. The molecular formula is C15H26N4O2S. The normalized spacial score (nSPS) is 12.5. The quantitative estimate of drug-likeness (QED) is 0.416. The number of aliphatic imine (C=N–C) groups is 1. The van der Waals surface area contributed by atoms with Gasteiger partial charge in [0.2, 0.25) is 10.0 Å². The highest BCUT2D eigenvalue weighted by Gasteiger charge is 2.16. The fourth-order valence-electron chi connectivity index (χ4n) is 1.91. The van der Waals surface area contributed by atoms with Gasteiger partial charge in [-0.25, -0.2) is 13.1 Å². The Labute approximate surface area is 133 Å². The molecule has 0 aliphatic carbocycles. The van der Waals surface area contributed by atoms with Crippen molar-refractivity contribution in [2.75, 3.05) is 20.1 Å². The molecule has 3 N–H and O–H groups in total. The van der Waals surface area contributed by atoms with Gasteiger partial charge in [0.15, 0.2) is 5.96 Å². The zero-order valence-electron chi connectivity index (χ0n) is 13.9. The third-order valence-corrected chi connectivity index (χ3v) is 4.59. The highest BCUT2D eigenvalue weighted by Crippen LogP contribution is 2.16. The average Bonchev–Trinajstić information content (AvgIpc) is 2.44. The van der Waals surface area contributed by atoms with Gasteiger partial charge in [-0.3, -0.25) is 4.99 Å². The van der Waals surface area contributed by atoms with E-state index in [1.807, 2.05) is 32.9 Å². The van der Waals surface area contributed by atoms with E-state index in [1.165, 1.54) is 0 Å². The first-order valence-corrected chi connectivity index (χ1v) is 8.78. The van der Waals surface area contributed by atoms with Gasteiger partial charge in [-0.05, 0) is 44.9 Å². The van der Waals surface area contributed by atoms with Gasteiger partial charge in [0.25, 0.3) is 0 Å². The predicted molar refractivity (Wildman–Crippen MR) is 90.7 cm³/mol. The highest BCUT2D eigenvalue weighted by atomic mass is 32.2. The number of hydrogen-bond donors (Lipinski definition) is 3. The summed E-state index contributed by atoms with van der Waals surface area (Å²) in [5, 5.41) is 6.20. The van der Waals surface area contributed by atoms with Gasteiger partial charge in [-0.2, -0.15) is 0 Å². The van der Waals surface area contributed by atoms with E-state index in [-0.39, 0.29) is 12.6 Å². The molecule has 0 bridgehead atoms. The first-order chi connectivity index (χ1) is 10.3. The van der Waals surface area contributed by atoms with Crippen molar-refractivity contribution in [3.63, 3.8) is 0 Å². The van der Waals surface area contributed by atoms with Gasteiger partial charge in [0.05, 0.1) is 4.90 Å². The fraction of sp³-hybridized carbons (Fsp3) is 0.533. The van der Waals surface area contributed by atoms with E-state index in [0.717, 1.165) is 11.1 Å².